The number of aromatic nitrogens is 6. The second-order valence-corrected chi connectivity index (χ2v) is 27.1. The highest BCUT2D eigenvalue weighted by atomic mass is 79.9. The van der Waals surface area contributed by atoms with E-state index in [1.165, 1.54) is 0 Å². The van der Waals surface area contributed by atoms with Gasteiger partial charge in [0.15, 0.2) is 11.6 Å². The molecule has 0 aromatic carbocycles. The Balaban J connectivity index is 0.000000300. The molecular weight excluding hydrogens is 814 g/mol. The number of hydrogen-bond acceptors (Lipinski definition) is 9. The average molecular weight is 868 g/mol. The van der Waals surface area contributed by atoms with E-state index in [2.05, 4.69) is 91.1 Å². The van der Waals surface area contributed by atoms with Crippen LogP contribution in [0.2, 0.25) is 51.4 Å². The van der Waals surface area contributed by atoms with Crippen LogP contribution >= 0.6 is 31.9 Å². The Morgan fingerprint density at radius 2 is 1.16 bits per heavy atom. The topological polar surface area (TPSA) is 160 Å². The standard InChI is InChI=1S/C18H26BrN3O2Si.C11H19BrN2O3Si.C6H8N2/c1-14-17(19)21-18(22(14)13-24-11-12-25(2,3)4)16(23)6-5-15-7-9-20-10-8-15;1-8-9(12)13-10(11(15)16)14(8)7-17-5-6-18(2,3)4;7-5-6-1-3-8-4-2-6/h7-10H,5-6,11-13H2,1-4H3;5-7H2,1-4H3,(H,15,16);1-4H,5,7H2. The van der Waals surface area contributed by atoms with E-state index in [-0.39, 0.29) is 18.3 Å². The van der Waals surface area contributed by atoms with Gasteiger partial charge < -0.3 is 24.9 Å². The normalized spacial score (nSPS) is 11.4. The molecule has 0 saturated heterocycles. The molecule has 4 rings (SSSR count). The van der Waals surface area contributed by atoms with Crippen LogP contribution in [0.4, 0.5) is 0 Å². The molecular formula is C35H53Br2N7O5Si2. The number of ether oxygens (including phenoxy) is 2. The lowest BCUT2D eigenvalue weighted by molar-refractivity contribution is 0.0609. The number of aryl methyl sites for hydroxylation is 1. The second-order valence-electron chi connectivity index (χ2n) is 14.3. The third-order valence-corrected chi connectivity index (χ3v) is 12.5. The average Bonchev–Trinajstić information content (AvgIpc) is 3.53. The van der Waals surface area contributed by atoms with Crippen LogP contribution in [0, 0.1) is 13.8 Å². The number of imidazole rings is 2. The lowest BCUT2D eigenvalue weighted by atomic mass is 10.1. The summed E-state index contributed by atoms with van der Waals surface area (Å²) in [6.07, 6.45) is 8.06. The number of rotatable bonds is 16. The first-order valence-electron chi connectivity index (χ1n) is 16.8. The van der Waals surface area contributed by atoms with Crippen molar-refractivity contribution in [1.82, 2.24) is 29.1 Å². The van der Waals surface area contributed by atoms with Crippen LogP contribution in [-0.4, -0.2) is 75.3 Å². The van der Waals surface area contributed by atoms with Crippen molar-refractivity contribution >= 4 is 59.8 Å². The van der Waals surface area contributed by atoms with Crippen LogP contribution in [0.3, 0.4) is 0 Å². The third-order valence-electron chi connectivity index (χ3n) is 7.58. The van der Waals surface area contributed by atoms with Gasteiger partial charge in [0.1, 0.15) is 22.7 Å². The Labute approximate surface area is 320 Å². The summed E-state index contributed by atoms with van der Waals surface area (Å²) in [4.78, 5) is 39.8. The number of halogens is 2. The molecule has 0 radical (unpaired) electrons. The molecule has 0 bridgehead atoms. The van der Waals surface area contributed by atoms with Crippen molar-refractivity contribution in [3.05, 3.63) is 92.4 Å². The first-order valence-corrected chi connectivity index (χ1v) is 25.8. The van der Waals surface area contributed by atoms with Gasteiger partial charge >= 0.3 is 5.97 Å². The predicted octanol–water partition coefficient (Wildman–Crippen LogP) is 7.98. The molecule has 0 atom stereocenters. The molecule has 4 heterocycles. The van der Waals surface area contributed by atoms with E-state index in [1.54, 1.807) is 29.4 Å². The van der Waals surface area contributed by atoms with Crippen molar-refractivity contribution in [1.29, 1.82) is 0 Å². The molecule has 16 heteroatoms. The van der Waals surface area contributed by atoms with Gasteiger partial charge in [0.05, 0.1) is 11.4 Å². The van der Waals surface area contributed by atoms with Crippen LogP contribution in [0.15, 0.2) is 58.3 Å². The van der Waals surface area contributed by atoms with Crippen LogP contribution in [-0.2, 0) is 35.9 Å². The van der Waals surface area contributed by atoms with E-state index < -0.39 is 22.1 Å². The van der Waals surface area contributed by atoms with Crippen molar-refractivity contribution in [2.45, 2.75) is 98.1 Å². The number of Topliss-reactive ketones (excluding diaryl/α,β-unsaturated/α-hetero) is 1. The first-order chi connectivity index (χ1) is 23.9. The van der Waals surface area contributed by atoms with Gasteiger partial charge in [-0.25, -0.2) is 14.8 Å². The molecule has 0 aliphatic rings. The molecule has 4 aromatic rings. The van der Waals surface area contributed by atoms with E-state index in [1.807, 2.05) is 42.7 Å². The van der Waals surface area contributed by atoms with Crippen molar-refractivity contribution in [3.63, 3.8) is 0 Å². The van der Waals surface area contributed by atoms with E-state index in [0.29, 0.717) is 47.8 Å². The zero-order valence-electron chi connectivity index (χ0n) is 31.1. The van der Waals surface area contributed by atoms with Crippen molar-refractivity contribution < 1.29 is 24.2 Å². The van der Waals surface area contributed by atoms with Crippen LogP contribution < -0.4 is 5.73 Å². The molecule has 12 nitrogen and oxygen atoms in total. The molecule has 0 spiro atoms. The van der Waals surface area contributed by atoms with Gasteiger partial charge in [-0.15, -0.1) is 0 Å². The van der Waals surface area contributed by atoms with Gasteiger partial charge in [0, 0.05) is 67.1 Å². The highest BCUT2D eigenvalue weighted by Gasteiger charge is 2.20. The van der Waals surface area contributed by atoms with Crippen molar-refractivity contribution in [2.75, 3.05) is 13.2 Å². The highest BCUT2D eigenvalue weighted by molar-refractivity contribution is 9.10. The van der Waals surface area contributed by atoms with Crippen LogP contribution in [0.5, 0.6) is 0 Å². The quantitative estimate of drug-likeness (QED) is 0.0642. The number of carbonyl (C=O) groups excluding carboxylic acids is 1. The minimum Gasteiger partial charge on any atom is -0.475 e. The fourth-order valence-electron chi connectivity index (χ4n) is 4.21. The number of aromatic carboxylic acids is 1. The summed E-state index contributed by atoms with van der Waals surface area (Å²) in [5.74, 6) is -0.546. The zero-order chi connectivity index (χ0) is 38.2. The summed E-state index contributed by atoms with van der Waals surface area (Å²) in [5, 5.41) is 9.04. The number of ketones is 1. The molecule has 0 fully saturated rings. The number of hydrogen-bond donors (Lipinski definition) is 2. The Kier molecular flexibility index (Phi) is 18.8. The number of pyridine rings is 2. The summed E-state index contributed by atoms with van der Waals surface area (Å²) < 4.78 is 16.1. The zero-order valence-corrected chi connectivity index (χ0v) is 36.3. The molecule has 0 saturated carbocycles. The molecule has 280 valence electrons. The summed E-state index contributed by atoms with van der Waals surface area (Å²) in [5.41, 5.74) is 9.23. The van der Waals surface area contributed by atoms with Gasteiger partial charge in [0.25, 0.3) is 0 Å². The summed E-state index contributed by atoms with van der Waals surface area (Å²) >= 11 is 6.66. The Morgan fingerprint density at radius 1 is 0.745 bits per heavy atom. The SMILES string of the molecule is Cc1c(Br)nc(C(=O)CCc2ccncc2)n1COCC[Si](C)(C)C.Cc1c(Br)nc(C(=O)O)n1COCC[Si](C)(C)C.NCc1ccncc1. The van der Waals surface area contributed by atoms with Gasteiger partial charge in [-0.05, 0) is 99.6 Å². The van der Waals surface area contributed by atoms with Gasteiger partial charge in [-0.2, -0.15) is 0 Å². The summed E-state index contributed by atoms with van der Waals surface area (Å²) in [6.45, 7) is 20.1. The number of carboxylic acids is 1. The molecule has 0 unspecified atom stereocenters. The Bertz CT molecular complexity index is 1660. The van der Waals surface area contributed by atoms with E-state index >= 15 is 0 Å². The van der Waals surface area contributed by atoms with Crippen molar-refractivity contribution in [2.24, 2.45) is 5.73 Å². The first kappa shape index (κ1) is 44.3. The molecule has 51 heavy (non-hydrogen) atoms. The van der Waals surface area contributed by atoms with Gasteiger partial charge in [0.2, 0.25) is 5.82 Å². The Morgan fingerprint density at radius 3 is 1.55 bits per heavy atom. The lowest BCUT2D eigenvalue weighted by Gasteiger charge is -2.16. The number of carbonyl (C=O) groups is 2. The molecule has 0 amide bonds. The maximum atomic E-state index is 12.6. The summed E-state index contributed by atoms with van der Waals surface area (Å²) in [7, 11) is -2.24. The van der Waals surface area contributed by atoms with E-state index in [0.717, 1.165) is 41.2 Å². The molecule has 3 N–H and O–H groups in total. The van der Waals surface area contributed by atoms with Crippen LogP contribution in [0.25, 0.3) is 0 Å². The Hall–Kier alpha value is -2.87. The monoisotopic (exact) mass is 865 g/mol. The number of carboxylic acid groups (broad SMARTS) is 1. The largest absolute Gasteiger partial charge is 0.475 e. The highest BCUT2D eigenvalue weighted by Crippen LogP contribution is 2.20. The van der Waals surface area contributed by atoms with Gasteiger partial charge in [-0.1, -0.05) is 39.3 Å². The minimum absolute atomic E-state index is 0.00683. The lowest BCUT2D eigenvalue weighted by Crippen LogP contribution is -2.22. The number of nitrogens with two attached hydrogens (primary N) is 1. The third kappa shape index (κ3) is 16.6. The van der Waals surface area contributed by atoms with Crippen molar-refractivity contribution in [3.8, 4) is 0 Å². The smallest absolute Gasteiger partial charge is 0.372 e. The molecule has 0 aliphatic heterocycles. The predicted molar refractivity (Wildman–Crippen MR) is 214 cm³/mol. The van der Waals surface area contributed by atoms with E-state index in [4.69, 9.17) is 20.3 Å². The maximum absolute atomic E-state index is 12.6. The van der Waals surface area contributed by atoms with E-state index in [9.17, 15) is 9.59 Å². The molecule has 4 aromatic heterocycles. The summed E-state index contributed by atoms with van der Waals surface area (Å²) in [6, 6.07) is 9.83. The van der Waals surface area contributed by atoms with Gasteiger partial charge in [-0.3, -0.25) is 19.3 Å². The van der Waals surface area contributed by atoms with Crippen LogP contribution in [0.1, 0.15) is 50.2 Å². The second kappa shape index (κ2) is 21.6. The minimum atomic E-state index is -1.12. The maximum Gasteiger partial charge on any atom is 0.372 e. The molecule has 0 aliphatic carbocycles. The number of nitrogens with zero attached hydrogens (tertiary/aromatic N) is 6. The fraction of sp³-hybridized carbons (Fsp3) is 0.486. The fourth-order valence-corrected chi connectivity index (χ4v) is 6.48.